The molecule has 0 bridgehead atoms. The first-order valence-corrected chi connectivity index (χ1v) is 7.30. The normalized spacial score (nSPS) is 28.5. The van der Waals surface area contributed by atoms with Gasteiger partial charge in [0, 0.05) is 25.2 Å². The molecule has 1 aliphatic carbocycles. The van der Waals surface area contributed by atoms with E-state index in [-0.39, 0.29) is 5.54 Å². The smallest absolute Gasteiger partial charge is 0.0746 e. The number of benzene rings is 1. The minimum absolute atomic E-state index is 0.209. The molecule has 3 rings (SSSR count). The Hall–Kier alpha value is -0.440. The SMILES string of the molecule is CC1(C2CC2)CN(c2c(Cl)cccc2Cl)CCN1. The van der Waals surface area contributed by atoms with Crippen LogP contribution in [0.5, 0.6) is 0 Å². The van der Waals surface area contributed by atoms with Gasteiger partial charge in [-0.25, -0.2) is 0 Å². The molecular weight excluding hydrogens is 267 g/mol. The molecule has 4 heteroatoms. The van der Waals surface area contributed by atoms with E-state index in [0.29, 0.717) is 0 Å². The quantitative estimate of drug-likeness (QED) is 0.893. The lowest BCUT2D eigenvalue weighted by Crippen LogP contribution is -2.60. The Balaban J connectivity index is 1.88. The third-order valence-corrected chi connectivity index (χ3v) is 4.77. The van der Waals surface area contributed by atoms with E-state index >= 15 is 0 Å². The van der Waals surface area contributed by atoms with E-state index in [0.717, 1.165) is 41.3 Å². The van der Waals surface area contributed by atoms with E-state index in [9.17, 15) is 0 Å². The second kappa shape index (κ2) is 4.59. The van der Waals surface area contributed by atoms with Crippen molar-refractivity contribution in [1.29, 1.82) is 0 Å². The second-order valence-electron chi connectivity index (χ2n) is 5.61. The largest absolute Gasteiger partial charge is 0.366 e. The summed E-state index contributed by atoms with van der Waals surface area (Å²) in [7, 11) is 0. The van der Waals surface area contributed by atoms with Crippen molar-refractivity contribution in [2.75, 3.05) is 24.5 Å². The van der Waals surface area contributed by atoms with Crippen molar-refractivity contribution in [3.05, 3.63) is 28.2 Å². The van der Waals surface area contributed by atoms with E-state index in [1.165, 1.54) is 12.8 Å². The molecule has 1 unspecified atom stereocenters. The molecule has 1 saturated carbocycles. The molecule has 1 saturated heterocycles. The molecule has 2 nitrogen and oxygen atoms in total. The van der Waals surface area contributed by atoms with Crippen LogP contribution in [0, 0.1) is 5.92 Å². The molecular formula is C14H18Cl2N2. The predicted octanol–water partition coefficient (Wildman–Crippen LogP) is 3.57. The Morgan fingerprint density at radius 3 is 2.56 bits per heavy atom. The van der Waals surface area contributed by atoms with E-state index in [2.05, 4.69) is 17.1 Å². The Bertz CT molecular complexity index is 439. The zero-order valence-corrected chi connectivity index (χ0v) is 12.1. The molecule has 1 aromatic rings. The van der Waals surface area contributed by atoms with Crippen molar-refractivity contribution in [3.63, 3.8) is 0 Å². The molecule has 0 amide bonds. The van der Waals surface area contributed by atoms with Crippen molar-refractivity contribution in [2.24, 2.45) is 5.92 Å². The predicted molar refractivity (Wildman–Crippen MR) is 77.8 cm³/mol. The fourth-order valence-corrected chi connectivity index (χ4v) is 3.62. The molecule has 0 radical (unpaired) electrons. The number of halogens is 2. The van der Waals surface area contributed by atoms with Crippen LogP contribution >= 0.6 is 23.2 Å². The second-order valence-corrected chi connectivity index (χ2v) is 6.42. The van der Waals surface area contributed by atoms with E-state index < -0.39 is 0 Å². The molecule has 1 aliphatic heterocycles. The Morgan fingerprint density at radius 2 is 1.94 bits per heavy atom. The Labute approximate surface area is 118 Å². The molecule has 1 aromatic carbocycles. The summed E-state index contributed by atoms with van der Waals surface area (Å²) in [6, 6.07) is 5.73. The van der Waals surface area contributed by atoms with Gasteiger partial charge < -0.3 is 10.2 Å². The van der Waals surface area contributed by atoms with Crippen LogP contribution in [0.2, 0.25) is 10.0 Å². The third kappa shape index (κ3) is 2.22. The molecule has 2 fully saturated rings. The molecule has 1 atom stereocenters. The summed E-state index contributed by atoms with van der Waals surface area (Å²) < 4.78 is 0. The minimum atomic E-state index is 0.209. The van der Waals surface area contributed by atoms with Crippen molar-refractivity contribution < 1.29 is 0 Å². The lowest BCUT2D eigenvalue weighted by Gasteiger charge is -2.43. The first kappa shape index (κ1) is 12.6. The lowest BCUT2D eigenvalue weighted by atomic mass is 9.92. The lowest BCUT2D eigenvalue weighted by molar-refractivity contribution is 0.285. The van der Waals surface area contributed by atoms with Gasteiger partial charge in [-0.15, -0.1) is 0 Å². The number of hydrogen-bond donors (Lipinski definition) is 1. The summed E-state index contributed by atoms with van der Waals surface area (Å²) >= 11 is 12.6. The molecule has 1 N–H and O–H groups in total. The van der Waals surface area contributed by atoms with E-state index in [4.69, 9.17) is 23.2 Å². The highest BCUT2D eigenvalue weighted by atomic mass is 35.5. The van der Waals surface area contributed by atoms with Crippen LogP contribution in [0.4, 0.5) is 5.69 Å². The van der Waals surface area contributed by atoms with Gasteiger partial charge in [0.15, 0.2) is 0 Å². The molecule has 1 heterocycles. The summed E-state index contributed by atoms with van der Waals surface area (Å²) in [6.07, 6.45) is 2.68. The number of anilines is 1. The summed E-state index contributed by atoms with van der Waals surface area (Å²) in [6.45, 7) is 5.27. The van der Waals surface area contributed by atoms with Gasteiger partial charge in [-0.2, -0.15) is 0 Å². The van der Waals surface area contributed by atoms with Crippen LogP contribution in [0.1, 0.15) is 19.8 Å². The van der Waals surface area contributed by atoms with Gasteiger partial charge in [0.05, 0.1) is 15.7 Å². The zero-order chi connectivity index (χ0) is 12.8. The average molecular weight is 285 g/mol. The zero-order valence-electron chi connectivity index (χ0n) is 10.5. The number of hydrogen-bond acceptors (Lipinski definition) is 2. The summed E-state index contributed by atoms with van der Waals surface area (Å²) in [5, 5.41) is 5.17. The van der Waals surface area contributed by atoms with Crippen LogP contribution < -0.4 is 10.2 Å². The number of piperazine rings is 1. The first-order valence-electron chi connectivity index (χ1n) is 6.54. The van der Waals surface area contributed by atoms with Crippen LogP contribution in [0.3, 0.4) is 0 Å². The molecule has 0 aromatic heterocycles. The van der Waals surface area contributed by atoms with Gasteiger partial charge in [-0.3, -0.25) is 0 Å². The van der Waals surface area contributed by atoms with E-state index in [1.807, 2.05) is 18.2 Å². The van der Waals surface area contributed by atoms with Gasteiger partial charge in [0.25, 0.3) is 0 Å². The fourth-order valence-electron chi connectivity index (χ4n) is 2.98. The van der Waals surface area contributed by atoms with Gasteiger partial charge in [0.1, 0.15) is 0 Å². The number of nitrogens with one attached hydrogen (secondary N) is 1. The van der Waals surface area contributed by atoms with Gasteiger partial charge in [-0.1, -0.05) is 29.3 Å². The van der Waals surface area contributed by atoms with Crippen LogP contribution in [0.25, 0.3) is 0 Å². The molecule has 98 valence electrons. The number of nitrogens with zero attached hydrogens (tertiary/aromatic N) is 1. The van der Waals surface area contributed by atoms with Crippen molar-refractivity contribution in [2.45, 2.75) is 25.3 Å². The minimum Gasteiger partial charge on any atom is -0.366 e. The topological polar surface area (TPSA) is 15.3 Å². The Morgan fingerprint density at radius 1 is 1.28 bits per heavy atom. The third-order valence-electron chi connectivity index (χ3n) is 4.16. The maximum absolute atomic E-state index is 6.30. The Kier molecular flexibility index (Phi) is 3.21. The van der Waals surface area contributed by atoms with Crippen LogP contribution in [-0.2, 0) is 0 Å². The summed E-state index contributed by atoms with van der Waals surface area (Å²) in [4.78, 5) is 2.33. The van der Waals surface area contributed by atoms with Crippen molar-refractivity contribution >= 4 is 28.9 Å². The maximum Gasteiger partial charge on any atom is 0.0746 e. The van der Waals surface area contributed by atoms with E-state index in [1.54, 1.807) is 0 Å². The van der Waals surface area contributed by atoms with Gasteiger partial charge in [-0.05, 0) is 37.8 Å². The van der Waals surface area contributed by atoms with Crippen molar-refractivity contribution in [3.8, 4) is 0 Å². The summed E-state index contributed by atoms with van der Waals surface area (Å²) in [5.74, 6) is 0.807. The highest BCUT2D eigenvalue weighted by Gasteiger charge is 2.44. The van der Waals surface area contributed by atoms with Crippen molar-refractivity contribution in [1.82, 2.24) is 5.32 Å². The molecule has 0 spiro atoms. The van der Waals surface area contributed by atoms with Crippen LogP contribution in [-0.4, -0.2) is 25.2 Å². The fraction of sp³-hybridized carbons (Fsp3) is 0.571. The van der Waals surface area contributed by atoms with Gasteiger partial charge >= 0.3 is 0 Å². The van der Waals surface area contributed by atoms with Crippen LogP contribution in [0.15, 0.2) is 18.2 Å². The monoisotopic (exact) mass is 284 g/mol. The number of para-hydroxylation sites is 1. The van der Waals surface area contributed by atoms with Gasteiger partial charge in [0.2, 0.25) is 0 Å². The first-order chi connectivity index (χ1) is 8.60. The number of rotatable bonds is 2. The highest BCUT2D eigenvalue weighted by Crippen LogP contribution is 2.43. The highest BCUT2D eigenvalue weighted by molar-refractivity contribution is 6.39. The standard InChI is InChI=1S/C14H18Cl2N2/c1-14(10-5-6-10)9-18(8-7-17-14)13-11(15)3-2-4-12(13)16/h2-4,10,17H,5-9H2,1H3. The average Bonchev–Trinajstić information content (AvgIpc) is 3.13. The molecule has 2 aliphatic rings. The molecule has 18 heavy (non-hydrogen) atoms. The summed E-state index contributed by atoms with van der Waals surface area (Å²) in [5.41, 5.74) is 1.20. The maximum atomic E-state index is 6.30.